The molecule has 27 heavy (non-hydrogen) atoms. The fraction of sp³-hybridized carbons (Fsp3) is 0.150. The van der Waals surface area contributed by atoms with Gasteiger partial charge >= 0.3 is 5.97 Å². The standard InChI is InChI=1S/C20H17N3O4/c1-3-27-20(25)14-10-22-18-17(14)13-8-11(4-6-15(13)23-19(18)24)12-5-7-16(26-2)21-9-12/h4-10,22H,3H2,1-2H3,(H,23,24). The van der Waals surface area contributed by atoms with Gasteiger partial charge < -0.3 is 19.4 Å². The molecule has 0 aliphatic carbocycles. The van der Waals surface area contributed by atoms with E-state index in [1.165, 1.54) is 6.20 Å². The third-order valence-corrected chi connectivity index (χ3v) is 4.42. The lowest BCUT2D eigenvalue weighted by Crippen LogP contribution is -2.08. The lowest BCUT2D eigenvalue weighted by Gasteiger charge is -2.07. The SMILES string of the molecule is CCOC(=O)c1c[nH]c2c(=O)[nH]c3ccc(-c4ccc(OC)nc4)cc3c12. The Hall–Kier alpha value is -3.61. The molecule has 0 aliphatic rings. The van der Waals surface area contributed by atoms with Crippen molar-refractivity contribution < 1.29 is 14.3 Å². The van der Waals surface area contributed by atoms with Crippen molar-refractivity contribution >= 4 is 27.8 Å². The van der Waals surface area contributed by atoms with Gasteiger partial charge in [-0.3, -0.25) is 4.79 Å². The van der Waals surface area contributed by atoms with Crippen LogP contribution in [0.5, 0.6) is 5.88 Å². The third-order valence-electron chi connectivity index (χ3n) is 4.42. The Labute approximate surface area is 154 Å². The molecule has 3 aromatic heterocycles. The highest BCUT2D eigenvalue weighted by Gasteiger charge is 2.18. The Kier molecular flexibility index (Phi) is 4.12. The van der Waals surface area contributed by atoms with Gasteiger partial charge in [-0.1, -0.05) is 6.07 Å². The molecule has 0 atom stereocenters. The molecule has 0 bridgehead atoms. The second-order valence-corrected chi connectivity index (χ2v) is 5.98. The van der Waals surface area contributed by atoms with E-state index in [1.54, 1.807) is 26.3 Å². The fourth-order valence-corrected chi connectivity index (χ4v) is 3.15. The fourth-order valence-electron chi connectivity index (χ4n) is 3.15. The minimum atomic E-state index is -0.466. The predicted octanol–water partition coefficient (Wildman–Crippen LogP) is 3.26. The molecule has 0 saturated heterocycles. The first-order valence-electron chi connectivity index (χ1n) is 8.47. The lowest BCUT2D eigenvalue weighted by atomic mass is 10.0. The van der Waals surface area contributed by atoms with Crippen LogP contribution >= 0.6 is 0 Å². The van der Waals surface area contributed by atoms with Crippen LogP contribution in [-0.4, -0.2) is 34.6 Å². The number of benzene rings is 1. The molecule has 0 aliphatic heterocycles. The highest BCUT2D eigenvalue weighted by atomic mass is 16.5. The molecular weight excluding hydrogens is 346 g/mol. The average molecular weight is 363 g/mol. The van der Waals surface area contributed by atoms with Gasteiger partial charge in [-0.15, -0.1) is 0 Å². The first-order valence-corrected chi connectivity index (χ1v) is 8.47. The van der Waals surface area contributed by atoms with Crippen molar-refractivity contribution in [1.29, 1.82) is 0 Å². The number of nitrogens with zero attached hydrogens (tertiary/aromatic N) is 1. The molecule has 0 amide bonds. The van der Waals surface area contributed by atoms with Gasteiger partial charge in [-0.25, -0.2) is 9.78 Å². The summed E-state index contributed by atoms with van der Waals surface area (Å²) in [4.78, 5) is 34.6. The summed E-state index contributed by atoms with van der Waals surface area (Å²) < 4.78 is 10.2. The molecule has 0 unspecified atom stereocenters. The van der Waals surface area contributed by atoms with E-state index in [2.05, 4.69) is 15.0 Å². The van der Waals surface area contributed by atoms with Crippen LogP contribution < -0.4 is 10.3 Å². The summed E-state index contributed by atoms with van der Waals surface area (Å²) in [5.74, 6) is 0.0636. The van der Waals surface area contributed by atoms with Crippen LogP contribution in [0.1, 0.15) is 17.3 Å². The van der Waals surface area contributed by atoms with E-state index in [4.69, 9.17) is 9.47 Å². The van der Waals surface area contributed by atoms with E-state index < -0.39 is 5.97 Å². The van der Waals surface area contributed by atoms with Gasteiger partial charge in [0.25, 0.3) is 5.56 Å². The molecule has 2 N–H and O–H groups in total. The summed E-state index contributed by atoms with van der Waals surface area (Å²) in [5.41, 5.74) is 2.84. The molecule has 3 heterocycles. The molecule has 4 rings (SSSR count). The van der Waals surface area contributed by atoms with Crippen LogP contribution in [0.3, 0.4) is 0 Å². The second-order valence-electron chi connectivity index (χ2n) is 5.98. The zero-order chi connectivity index (χ0) is 19.0. The number of rotatable bonds is 4. The molecule has 0 radical (unpaired) electrons. The van der Waals surface area contributed by atoms with Crippen molar-refractivity contribution in [3.05, 3.63) is 58.6 Å². The normalized spacial score (nSPS) is 11.0. The summed E-state index contributed by atoms with van der Waals surface area (Å²) in [5, 5.41) is 1.30. The number of aromatic nitrogens is 3. The lowest BCUT2D eigenvalue weighted by molar-refractivity contribution is 0.0529. The van der Waals surface area contributed by atoms with Crippen molar-refractivity contribution in [3.63, 3.8) is 0 Å². The number of carbonyl (C=O) groups is 1. The van der Waals surface area contributed by atoms with E-state index in [0.29, 0.717) is 27.9 Å². The van der Waals surface area contributed by atoms with Gasteiger partial charge in [0.1, 0.15) is 5.52 Å². The number of nitrogens with one attached hydrogen (secondary N) is 2. The maximum Gasteiger partial charge on any atom is 0.340 e. The Morgan fingerprint density at radius 2 is 2.00 bits per heavy atom. The molecule has 136 valence electrons. The maximum absolute atomic E-state index is 12.3. The molecule has 7 heteroatoms. The van der Waals surface area contributed by atoms with Gasteiger partial charge in [0.05, 0.1) is 19.3 Å². The highest BCUT2D eigenvalue weighted by Crippen LogP contribution is 2.30. The number of esters is 1. The summed E-state index contributed by atoms with van der Waals surface area (Å²) >= 11 is 0. The number of H-pyrrole nitrogens is 2. The van der Waals surface area contributed by atoms with Gasteiger partial charge in [0.15, 0.2) is 0 Å². The van der Waals surface area contributed by atoms with Gasteiger partial charge in [0, 0.05) is 40.3 Å². The largest absolute Gasteiger partial charge is 0.481 e. The average Bonchev–Trinajstić information content (AvgIpc) is 3.14. The Morgan fingerprint density at radius 1 is 1.19 bits per heavy atom. The Balaban J connectivity index is 1.96. The Bertz CT molecular complexity index is 1210. The number of carbonyl (C=O) groups excluding carboxylic acids is 1. The summed E-state index contributed by atoms with van der Waals surface area (Å²) in [6.07, 6.45) is 3.23. The van der Waals surface area contributed by atoms with E-state index >= 15 is 0 Å². The number of fused-ring (bicyclic) bond motifs is 3. The van der Waals surface area contributed by atoms with Crippen LogP contribution in [0.15, 0.2) is 47.5 Å². The zero-order valence-corrected chi connectivity index (χ0v) is 14.8. The molecule has 4 aromatic rings. The Morgan fingerprint density at radius 3 is 2.70 bits per heavy atom. The second kappa shape index (κ2) is 6.60. The van der Waals surface area contributed by atoms with Crippen LogP contribution in [0, 0.1) is 0 Å². The molecule has 0 saturated carbocycles. The van der Waals surface area contributed by atoms with Crippen LogP contribution in [0.2, 0.25) is 0 Å². The van der Waals surface area contributed by atoms with E-state index in [9.17, 15) is 9.59 Å². The number of hydrogen-bond acceptors (Lipinski definition) is 5. The van der Waals surface area contributed by atoms with Gasteiger partial charge in [0.2, 0.25) is 5.88 Å². The topological polar surface area (TPSA) is 97.1 Å². The van der Waals surface area contributed by atoms with Crippen molar-refractivity contribution in [2.45, 2.75) is 6.92 Å². The van der Waals surface area contributed by atoms with Crippen molar-refractivity contribution in [3.8, 4) is 17.0 Å². The minimum Gasteiger partial charge on any atom is -0.481 e. The summed E-state index contributed by atoms with van der Waals surface area (Å²) in [6, 6.07) is 9.32. The number of hydrogen-bond donors (Lipinski definition) is 2. The monoisotopic (exact) mass is 363 g/mol. The first kappa shape index (κ1) is 16.8. The number of aromatic amines is 2. The number of pyridine rings is 2. The van der Waals surface area contributed by atoms with Crippen molar-refractivity contribution in [1.82, 2.24) is 15.0 Å². The molecule has 0 fully saturated rings. The quantitative estimate of drug-likeness (QED) is 0.543. The smallest absolute Gasteiger partial charge is 0.340 e. The van der Waals surface area contributed by atoms with Crippen LogP contribution in [-0.2, 0) is 4.74 Å². The minimum absolute atomic E-state index is 0.259. The summed E-state index contributed by atoms with van der Waals surface area (Å²) in [6.45, 7) is 2.00. The first-order chi connectivity index (χ1) is 13.1. The van der Waals surface area contributed by atoms with E-state index in [1.807, 2.05) is 24.3 Å². The van der Waals surface area contributed by atoms with Gasteiger partial charge in [-0.05, 0) is 30.7 Å². The van der Waals surface area contributed by atoms with E-state index in [-0.39, 0.29) is 12.2 Å². The third kappa shape index (κ3) is 2.83. The summed E-state index contributed by atoms with van der Waals surface area (Å²) in [7, 11) is 1.56. The number of methoxy groups -OCH3 is 1. The van der Waals surface area contributed by atoms with Gasteiger partial charge in [-0.2, -0.15) is 0 Å². The maximum atomic E-state index is 12.3. The predicted molar refractivity (Wildman–Crippen MR) is 102 cm³/mol. The van der Waals surface area contributed by atoms with E-state index in [0.717, 1.165) is 16.5 Å². The zero-order valence-electron chi connectivity index (χ0n) is 14.8. The molecular formula is C20H17N3O4. The number of ether oxygens (including phenoxy) is 2. The highest BCUT2D eigenvalue weighted by molar-refractivity contribution is 6.15. The van der Waals surface area contributed by atoms with Crippen LogP contribution in [0.25, 0.3) is 32.9 Å². The molecule has 1 aromatic carbocycles. The van der Waals surface area contributed by atoms with Crippen molar-refractivity contribution in [2.24, 2.45) is 0 Å². The van der Waals surface area contributed by atoms with Crippen molar-refractivity contribution in [2.75, 3.05) is 13.7 Å². The molecule has 0 spiro atoms. The molecule has 7 nitrogen and oxygen atoms in total. The van der Waals surface area contributed by atoms with Crippen LogP contribution in [0.4, 0.5) is 0 Å².